The van der Waals surface area contributed by atoms with Gasteiger partial charge in [-0.1, -0.05) is 41.9 Å². The molecule has 2 aromatic rings. The van der Waals surface area contributed by atoms with E-state index < -0.39 is 0 Å². The van der Waals surface area contributed by atoms with Crippen LogP contribution in [0.5, 0.6) is 0 Å². The van der Waals surface area contributed by atoms with Gasteiger partial charge in [-0.2, -0.15) is 0 Å². The second-order valence-corrected chi connectivity index (χ2v) is 10.3. The summed E-state index contributed by atoms with van der Waals surface area (Å²) in [6.07, 6.45) is 7.63. The minimum absolute atomic E-state index is 0.0299. The van der Waals surface area contributed by atoms with Crippen molar-refractivity contribution in [3.63, 3.8) is 0 Å². The molecular formula is C27H32ClN3O2. The molecule has 0 bridgehead atoms. The lowest BCUT2D eigenvalue weighted by atomic mass is 9.61. The lowest BCUT2D eigenvalue weighted by Gasteiger charge is -2.53. The Morgan fingerprint density at radius 1 is 1.03 bits per heavy atom. The molecule has 0 radical (unpaired) electrons. The molecule has 1 aliphatic carbocycles. The maximum atomic E-state index is 12.9. The van der Waals surface area contributed by atoms with Crippen LogP contribution < -0.4 is 10.6 Å². The van der Waals surface area contributed by atoms with Gasteiger partial charge in [-0.15, -0.1) is 0 Å². The molecule has 3 aliphatic rings. The minimum atomic E-state index is -0.177. The van der Waals surface area contributed by atoms with Crippen LogP contribution in [0.15, 0.2) is 54.6 Å². The van der Waals surface area contributed by atoms with Gasteiger partial charge in [0, 0.05) is 35.3 Å². The number of hydrogen-bond donors (Lipinski definition) is 2. The average molecular weight is 466 g/mol. The van der Waals surface area contributed by atoms with Crippen molar-refractivity contribution in [3.8, 4) is 0 Å². The lowest BCUT2D eigenvalue weighted by Crippen LogP contribution is -2.61. The fourth-order valence-electron chi connectivity index (χ4n) is 6.71. The molecule has 1 unspecified atom stereocenters. The zero-order chi connectivity index (χ0) is 22.8. The molecule has 2 aliphatic heterocycles. The highest BCUT2D eigenvalue weighted by Gasteiger charge is 2.56. The molecule has 33 heavy (non-hydrogen) atoms. The van der Waals surface area contributed by atoms with Crippen molar-refractivity contribution >= 4 is 29.2 Å². The maximum Gasteiger partial charge on any atom is 0.319 e. The van der Waals surface area contributed by atoms with Gasteiger partial charge in [0.15, 0.2) is 0 Å². The van der Waals surface area contributed by atoms with E-state index in [4.69, 9.17) is 11.6 Å². The summed E-state index contributed by atoms with van der Waals surface area (Å²) in [7, 11) is 0. The molecule has 5 nitrogen and oxygen atoms in total. The van der Waals surface area contributed by atoms with Crippen LogP contribution in [0.4, 0.5) is 10.5 Å². The molecule has 174 valence electrons. The van der Waals surface area contributed by atoms with Crippen LogP contribution in [-0.4, -0.2) is 35.0 Å². The summed E-state index contributed by atoms with van der Waals surface area (Å²) in [5.41, 5.74) is 1.99. The van der Waals surface area contributed by atoms with E-state index >= 15 is 0 Å². The number of nitrogens with zero attached hydrogens (tertiary/aromatic N) is 1. The first-order valence-electron chi connectivity index (χ1n) is 12.2. The predicted octanol–water partition coefficient (Wildman–Crippen LogP) is 5.64. The third-order valence-corrected chi connectivity index (χ3v) is 8.33. The zero-order valence-electron chi connectivity index (χ0n) is 18.9. The summed E-state index contributed by atoms with van der Waals surface area (Å²) < 4.78 is 0. The van der Waals surface area contributed by atoms with E-state index in [1.807, 2.05) is 18.2 Å². The summed E-state index contributed by atoms with van der Waals surface area (Å²) in [5, 5.41) is 6.91. The molecular weight excluding hydrogens is 434 g/mol. The van der Waals surface area contributed by atoms with Crippen molar-refractivity contribution in [1.82, 2.24) is 10.2 Å². The minimum Gasteiger partial charge on any atom is -0.337 e. The van der Waals surface area contributed by atoms with Crippen LogP contribution in [0, 0.1) is 11.8 Å². The summed E-state index contributed by atoms with van der Waals surface area (Å²) in [4.78, 5) is 28.1. The number of halogens is 1. The Kier molecular flexibility index (Phi) is 6.33. The predicted molar refractivity (Wildman–Crippen MR) is 131 cm³/mol. The molecule has 5 rings (SSSR count). The fourth-order valence-corrected chi connectivity index (χ4v) is 6.84. The Hall–Kier alpha value is -2.53. The molecule has 2 aromatic carbocycles. The number of hydrogen-bond acceptors (Lipinski definition) is 2. The number of carbonyl (C=O) groups excluding carboxylic acids is 2. The van der Waals surface area contributed by atoms with E-state index in [0.717, 1.165) is 57.2 Å². The highest BCUT2D eigenvalue weighted by molar-refractivity contribution is 6.30. The Labute approximate surface area is 200 Å². The largest absolute Gasteiger partial charge is 0.337 e. The molecule has 2 saturated heterocycles. The van der Waals surface area contributed by atoms with Gasteiger partial charge in [0.2, 0.25) is 5.91 Å². The summed E-state index contributed by atoms with van der Waals surface area (Å²) in [6.45, 7) is 0.891. The smallest absolute Gasteiger partial charge is 0.319 e. The number of amides is 3. The van der Waals surface area contributed by atoms with E-state index in [9.17, 15) is 9.59 Å². The van der Waals surface area contributed by atoms with E-state index in [1.54, 1.807) is 12.1 Å². The van der Waals surface area contributed by atoms with Gasteiger partial charge in [-0.05, 0) is 86.6 Å². The molecule has 0 aromatic heterocycles. The van der Waals surface area contributed by atoms with Gasteiger partial charge in [-0.3, -0.25) is 4.79 Å². The molecule has 2 N–H and O–H groups in total. The number of rotatable bonds is 4. The highest BCUT2D eigenvalue weighted by Crippen LogP contribution is 2.52. The van der Waals surface area contributed by atoms with Crippen molar-refractivity contribution in [3.05, 3.63) is 65.2 Å². The van der Waals surface area contributed by atoms with Crippen LogP contribution in [-0.2, 0) is 11.2 Å². The standard InChI is InChI=1S/C27H32ClN3O2/c28-20-10-12-21(13-11-20)29-26(33)30-24-14-16-27-15-5-17-31(27)25(32)9-4-8-23(27)22(24)18-19-6-2-1-3-7-19/h1-3,6-7,10-13,22-24H,4-5,8-9,14-18H2,(H2,29,30,33)/t22?,23-,24-,27+/m0/s1. The van der Waals surface area contributed by atoms with Crippen LogP contribution >= 0.6 is 11.6 Å². The Morgan fingerprint density at radius 2 is 1.82 bits per heavy atom. The van der Waals surface area contributed by atoms with E-state index in [-0.39, 0.29) is 17.6 Å². The first-order valence-corrected chi connectivity index (χ1v) is 12.6. The summed E-state index contributed by atoms with van der Waals surface area (Å²) in [6, 6.07) is 17.6. The van der Waals surface area contributed by atoms with Crippen molar-refractivity contribution in [1.29, 1.82) is 0 Å². The average Bonchev–Trinajstić information content (AvgIpc) is 3.18. The molecule has 1 saturated carbocycles. The van der Waals surface area contributed by atoms with Crippen molar-refractivity contribution < 1.29 is 9.59 Å². The fraction of sp³-hybridized carbons (Fsp3) is 0.481. The van der Waals surface area contributed by atoms with Crippen LogP contribution in [0.3, 0.4) is 0 Å². The van der Waals surface area contributed by atoms with Crippen molar-refractivity contribution in [2.75, 3.05) is 11.9 Å². The molecule has 3 fully saturated rings. The third kappa shape index (κ3) is 4.48. The molecule has 2 heterocycles. The molecule has 4 atom stereocenters. The third-order valence-electron chi connectivity index (χ3n) is 8.08. The van der Waals surface area contributed by atoms with Crippen molar-refractivity contribution in [2.24, 2.45) is 11.8 Å². The van der Waals surface area contributed by atoms with Crippen LogP contribution in [0.2, 0.25) is 5.02 Å². The quantitative estimate of drug-likeness (QED) is 0.613. The van der Waals surface area contributed by atoms with Gasteiger partial charge in [-0.25, -0.2) is 4.79 Å². The highest BCUT2D eigenvalue weighted by atomic mass is 35.5. The van der Waals surface area contributed by atoms with Crippen LogP contribution in [0.1, 0.15) is 50.5 Å². The second-order valence-electron chi connectivity index (χ2n) is 9.86. The van der Waals surface area contributed by atoms with Crippen LogP contribution in [0.25, 0.3) is 0 Å². The first-order chi connectivity index (χ1) is 16.0. The number of anilines is 1. The normalized spacial score (nSPS) is 29.1. The summed E-state index contributed by atoms with van der Waals surface area (Å²) >= 11 is 5.98. The van der Waals surface area contributed by atoms with E-state index in [2.05, 4.69) is 39.8 Å². The summed E-state index contributed by atoms with van der Waals surface area (Å²) in [5.74, 6) is 1.03. The Balaban J connectivity index is 1.40. The zero-order valence-corrected chi connectivity index (χ0v) is 19.7. The second kappa shape index (κ2) is 9.38. The van der Waals surface area contributed by atoms with Gasteiger partial charge in [0.05, 0.1) is 0 Å². The number of nitrogens with one attached hydrogen (secondary N) is 2. The van der Waals surface area contributed by atoms with E-state index in [0.29, 0.717) is 29.2 Å². The first kappa shape index (κ1) is 22.3. The molecule has 3 amide bonds. The van der Waals surface area contributed by atoms with Crippen molar-refractivity contribution in [2.45, 2.75) is 62.9 Å². The molecule has 1 spiro atoms. The number of benzene rings is 2. The monoisotopic (exact) mass is 465 g/mol. The Morgan fingerprint density at radius 3 is 2.61 bits per heavy atom. The van der Waals surface area contributed by atoms with Gasteiger partial charge >= 0.3 is 6.03 Å². The number of carbonyl (C=O) groups is 2. The van der Waals surface area contributed by atoms with Gasteiger partial charge < -0.3 is 15.5 Å². The molecule has 6 heteroatoms. The number of urea groups is 1. The van der Waals surface area contributed by atoms with E-state index in [1.165, 1.54) is 5.56 Å². The Bertz CT molecular complexity index is 996. The van der Waals surface area contributed by atoms with Gasteiger partial charge in [0.1, 0.15) is 0 Å². The lowest BCUT2D eigenvalue weighted by molar-refractivity contribution is -0.138. The SMILES string of the molecule is O=C(Nc1ccc(Cl)cc1)N[C@H]1CC[C@@]23CCCN2C(=O)CCC[C@H]3C1Cc1ccccc1. The van der Waals surface area contributed by atoms with Gasteiger partial charge in [0.25, 0.3) is 0 Å². The topological polar surface area (TPSA) is 61.4 Å². The maximum absolute atomic E-state index is 12.9.